The lowest BCUT2D eigenvalue weighted by Gasteiger charge is -2.19. The van der Waals surface area contributed by atoms with Gasteiger partial charge in [0.25, 0.3) is 11.8 Å². The van der Waals surface area contributed by atoms with Crippen molar-refractivity contribution in [1.29, 1.82) is 0 Å². The molecule has 3 aromatic rings. The van der Waals surface area contributed by atoms with Gasteiger partial charge in [0.15, 0.2) is 0 Å². The standard InChI is InChI=1S/C25H23N3O3/c1-17-8-14-22(15-9-17)28-18(2)24(30)27(25(28)31)16-19-10-12-20(13-11-19)23(29)26-21-6-4-3-5-7-21/h3-15,18H,16H2,1-2H3,(H,26,29)/t18-/m0/s1. The van der Waals surface area contributed by atoms with E-state index >= 15 is 0 Å². The summed E-state index contributed by atoms with van der Waals surface area (Å²) in [6.45, 7) is 3.86. The first kappa shape index (κ1) is 20.3. The van der Waals surface area contributed by atoms with Gasteiger partial charge in [-0.2, -0.15) is 0 Å². The summed E-state index contributed by atoms with van der Waals surface area (Å²) in [5.74, 6) is -0.457. The zero-order chi connectivity index (χ0) is 22.0. The highest BCUT2D eigenvalue weighted by molar-refractivity contribution is 6.14. The van der Waals surface area contributed by atoms with Gasteiger partial charge >= 0.3 is 6.03 Å². The molecule has 1 aliphatic heterocycles. The number of aryl methyl sites for hydroxylation is 1. The van der Waals surface area contributed by atoms with Gasteiger partial charge in [0, 0.05) is 16.9 Å². The summed E-state index contributed by atoms with van der Waals surface area (Å²) >= 11 is 0. The lowest BCUT2D eigenvalue weighted by atomic mass is 10.1. The van der Waals surface area contributed by atoms with E-state index in [0.717, 1.165) is 16.8 Å². The van der Waals surface area contributed by atoms with Gasteiger partial charge in [-0.05, 0) is 55.8 Å². The Morgan fingerprint density at radius 3 is 2.19 bits per heavy atom. The van der Waals surface area contributed by atoms with Crippen molar-refractivity contribution in [3.05, 3.63) is 95.6 Å². The van der Waals surface area contributed by atoms with E-state index in [-0.39, 0.29) is 24.4 Å². The molecule has 0 spiro atoms. The summed E-state index contributed by atoms with van der Waals surface area (Å²) in [4.78, 5) is 40.9. The van der Waals surface area contributed by atoms with Gasteiger partial charge in [-0.25, -0.2) is 4.79 Å². The minimum absolute atomic E-state index is 0.158. The van der Waals surface area contributed by atoms with Crippen LogP contribution in [0.3, 0.4) is 0 Å². The molecule has 1 atom stereocenters. The number of nitrogens with one attached hydrogen (secondary N) is 1. The highest BCUT2D eigenvalue weighted by Crippen LogP contribution is 2.27. The lowest BCUT2D eigenvalue weighted by Crippen LogP contribution is -2.33. The fourth-order valence-electron chi connectivity index (χ4n) is 3.58. The summed E-state index contributed by atoms with van der Waals surface area (Å²) in [5.41, 5.74) is 3.78. The molecule has 0 aliphatic carbocycles. The Bertz CT molecular complexity index is 1110. The van der Waals surface area contributed by atoms with Crippen LogP contribution >= 0.6 is 0 Å². The quantitative estimate of drug-likeness (QED) is 0.621. The summed E-state index contributed by atoms with van der Waals surface area (Å²) in [6.07, 6.45) is 0. The highest BCUT2D eigenvalue weighted by atomic mass is 16.2. The van der Waals surface area contributed by atoms with Crippen molar-refractivity contribution in [2.75, 3.05) is 10.2 Å². The fourth-order valence-corrected chi connectivity index (χ4v) is 3.58. The van der Waals surface area contributed by atoms with Gasteiger partial charge in [0.2, 0.25) is 0 Å². The number of para-hydroxylation sites is 1. The van der Waals surface area contributed by atoms with Gasteiger partial charge < -0.3 is 5.32 Å². The van der Waals surface area contributed by atoms with Crippen LogP contribution in [0.1, 0.15) is 28.4 Å². The molecule has 6 nitrogen and oxygen atoms in total. The van der Waals surface area contributed by atoms with Crippen LogP contribution in [0, 0.1) is 6.92 Å². The molecule has 1 heterocycles. The van der Waals surface area contributed by atoms with E-state index in [9.17, 15) is 14.4 Å². The zero-order valence-corrected chi connectivity index (χ0v) is 17.4. The molecule has 6 heteroatoms. The molecule has 1 fully saturated rings. The number of hydrogen-bond acceptors (Lipinski definition) is 3. The topological polar surface area (TPSA) is 69.7 Å². The molecule has 1 saturated heterocycles. The second-order valence-electron chi connectivity index (χ2n) is 7.61. The van der Waals surface area contributed by atoms with Gasteiger partial charge in [0.05, 0.1) is 6.54 Å². The van der Waals surface area contributed by atoms with Crippen LogP contribution in [0.4, 0.5) is 16.2 Å². The molecule has 0 unspecified atom stereocenters. The highest BCUT2D eigenvalue weighted by Gasteiger charge is 2.43. The van der Waals surface area contributed by atoms with Gasteiger partial charge in [-0.3, -0.25) is 19.4 Å². The molecule has 3 aromatic carbocycles. The minimum atomic E-state index is -0.564. The maximum absolute atomic E-state index is 13.0. The average Bonchev–Trinajstić information content (AvgIpc) is 2.99. The summed E-state index contributed by atoms with van der Waals surface area (Å²) in [7, 11) is 0. The van der Waals surface area contributed by atoms with Crippen LogP contribution in [0.15, 0.2) is 78.9 Å². The monoisotopic (exact) mass is 413 g/mol. The largest absolute Gasteiger partial charge is 0.332 e. The number of hydrogen-bond donors (Lipinski definition) is 1. The number of carbonyl (C=O) groups excluding carboxylic acids is 3. The molecule has 0 saturated carbocycles. The Morgan fingerprint density at radius 2 is 1.55 bits per heavy atom. The predicted octanol–water partition coefficient (Wildman–Crippen LogP) is 4.60. The van der Waals surface area contributed by atoms with E-state index in [1.807, 2.05) is 61.5 Å². The first-order valence-corrected chi connectivity index (χ1v) is 10.1. The van der Waals surface area contributed by atoms with E-state index in [1.54, 1.807) is 31.2 Å². The normalized spacial score (nSPS) is 16.0. The smallest absolute Gasteiger partial charge is 0.322 e. The molecule has 4 rings (SSSR count). The number of amides is 4. The van der Waals surface area contributed by atoms with Crippen LogP contribution in [-0.4, -0.2) is 28.8 Å². The van der Waals surface area contributed by atoms with Crippen LogP contribution in [-0.2, 0) is 11.3 Å². The van der Waals surface area contributed by atoms with E-state index in [0.29, 0.717) is 11.3 Å². The van der Waals surface area contributed by atoms with Crippen LogP contribution in [0.2, 0.25) is 0 Å². The lowest BCUT2D eigenvalue weighted by molar-refractivity contribution is -0.127. The van der Waals surface area contributed by atoms with E-state index in [1.165, 1.54) is 9.80 Å². The number of urea groups is 1. The number of anilines is 2. The van der Waals surface area contributed by atoms with E-state index < -0.39 is 6.04 Å². The molecule has 0 bridgehead atoms. The minimum Gasteiger partial charge on any atom is -0.322 e. The van der Waals surface area contributed by atoms with E-state index in [2.05, 4.69) is 5.32 Å². The number of nitrogens with zero attached hydrogens (tertiary/aromatic N) is 2. The van der Waals surface area contributed by atoms with Gasteiger partial charge in [-0.1, -0.05) is 48.0 Å². The fraction of sp³-hybridized carbons (Fsp3) is 0.160. The van der Waals surface area contributed by atoms with Crippen molar-refractivity contribution < 1.29 is 14.4 Å². The Kier molecular flexibility index (Phi) is 5.54. The maximum Gasteiger partial charge on any atom is 0.332 e. The summed E-state index contributed by atoms with van der Waals surface area (Å²) in [5, 5.41) is 2.83. The Morgan fingerprint density at radius 1 is 0.903 bits per heavy atom. The molecule has 1 aliphatic rings. The molecule has 156 valence electrons. The van der Waals surface area contributed by atoms with Gasteiger partial charge in [-0.15, -0.1) is 0 Å². The Hall–Kier alpha value is -3.93. The SMILES string of the molecule is Cc1ccc(N2C(=O)N(Cc3ccc(C(=O)Nc4ccccc4)cc3)C(=O)[C@@H]2C)cc1. The third-order valence-electron chi connectivity index (χ3n) is 5.35. The maximum atomic E-state index is 13.0. The van der Waals surface area contributed by atoms with Gasteiger partial charge in [0.1, 0.15) is 6.04 Å². The molecule has 0 radical (unpaired) electrons. The number of benzene rings is 3. The molecular weight excluding hydrogens is 390 g/mol. The predicted molar refractivity (Wildman–Crippen MR) is 120 cm³/mol. The third-order valence-corrected chi connectivity index (χ3v) is 5.35. The second kappa shape index (κ2) is 8.44. The van der Waals surface area contributed by atoms with Crippen molar-refractivity contribution >= 4 is 29.2 Å². The van der Waals surface area contributed by atoms with Crippen molar-refractivity contribution in [2.24, 2.45) is 0 Å². The molecule has 31 heavy (non-hydrogen) atoms. The van der Waals surface area contributed by atoms with Crippen molar-refractivity contribution in [3.8, 4) is 0 Å². The zero-order valence-electron chi connectivity index (χ0n) is 17.4. The molecular formula is C25H23N3O3. The first-order chi connectivity index (χ1) is 14.9. The number of carbonyl (C=O) groups is 3. The number of rotatable bonds is 5. The van der Waals surface area contributed by atoms with Crippen LogP contribution in [0.5, 0.6) is 0 Å². The van der Waals surface area contributed by atoms with Crippen molar-refractivity contribution in [3.63, 3.8) is 0 Å². The van der Waals surface area contributed by atoms with Crippen LogP contribution < -0.4 is 10.2 Å². The van der Waals surface area contributed by atoms with Crippen LogP contribution in [0.25, 0.3) is 0 Å². The summed E-state index contributed by atoms with van der Waals surface area (Å²) in [6, 6.07) is 22.8. The molecule has 0 aromatic heterocycles. The molecule has 4 amide bonds. The Labute approximate surface area is 181 Å². The van der Waals surface area contributed by atoms with Crippen molar-refractivity contribution in [2.45, 2.75) is 26.4 Å². The van der Waals surface area contributed by atoms with E-state index in [4.69, 9.17) is 0 Å². The summed E-state index contributed by atoms with van der Waals surface area (Å²) < 4.78 is 0. The Balaban J connectivity index is 1.46. The average molecular weight is 413 g/mol. The first-order valence-electron chi connectivity index (χ1n) is 10.1. The molecule has 1 N–H and O–H groups in total. The second-order valence-corrected chi connectivity index (χ2v) is 7.61. The third kappa shape index (κ3) is 4.19. The number of imide groups is 1. The van der Waals surface area contributed by atoms with Crippen molar-refractivity contribution in [1.82, 2.24) is 4.90 Å².